The van der Waals surface area contributed by atoms with E-state index < -0.39 is 10.0 Å². The molecule has 7 nitrogen and oxygen atoms in total. The number of aromatic nitrogens is 2. The number of nitrogens with zero attached hydrogens (tertiary/aromatic N) is 3. The molecule has 0 spiro atoms. The first-order valence-corrected chi connectivity index (χ1v) is 14.2. The van der Waals surface area contributed by atoms with E-state index in [9.17, 15) is 8.42 Å². The lowest BCUT2D eigenvalue weighted by Gasteiger charge is -2.18. The zero-order chi connectivity index (χ0) is 24.3. The van der Waals surface area contributed by atoms with Crippen molar-refractivity contribution in [1.82, 2.24) is 13.9 Å². The summed E-state index contributed by atoms with van der Waals surface area (Å²) in [6.07, 6.45) is 2.24. The van der Waals surface area contributed by atoms with Crippen molar-refractivity contribution in [3.05, 3.63) is 47.5 Å². The second-order valence-electron chi connectivity index (χ2n) is 8.47. The van der Waals surface area contributed by atoms with Gasteiger partial charge in [0.1, 0.15) is 5.75 Å². The van der Waals surface area contributed by atoms with Crippen molar-refractivity contribution in [2.75, 3.05) is 26.8 Å². The average Bonchev–Trinajstić information content (AvgIpc) is 3.46. The second kappa shape index (κ2) is 10.7. The highest BCUT2D eigenvalue weighted by molar-refractivity contribution is 7.98. The number of aryl methyl sites for hydroxylation is 1. The van der Waals surface area contributed by atoms with E-state index in [2.05, 4.69) is 16.7 Å². The van der Waals surface area contributed by atoms with E-state index in [-0.39, 0.29) is 11.0 Å². The molecule has 0 aliphatic carbocycles. The molecule has 0 unspecified atom stereocenters. The average molecular weight is 504 g/mol. The molecule has 1 aliphatic heterocycles. The molecule has 1 saturated heterocycles. The maximum atomic E-state index is 13.1. The number of sulfonamides is 1. The van der Waals surface area contributed by atoms with Gasteiger partial charge in [-0.3, -0.25) is 0 Å². The van der Waals surface area contributed by atoms with E-state index in [1.165, 1.54) is 9.87 Å². The minimum Gasteiger partial charge on any atom is -0.496 e. The van der Waals surface area contributed by atoms with Gasteiger partial charge in [-0.25, -0.2) is 13.4 Å². The smallest absolute Gasteiger partial charge is 0.243 e. The summed E-state index contributed by atoms with van der Waals surface area (Å²) in [4.78, 5) is 5.16. The predicted molar refractivity (Wildman–Crippen MR) is 136 cm³/mol. The molecule has 1 atom stereocenters. The topological polar surface area (TPSA) is 73.7 Å². The van der Waals surface area contributed by atoms with Crippen molar-refractivity contribution < 1.29 is 17.9 Å². The third kappa shape index (κ3) is 5.12. The molecule has 0 radical (unpaired) electrons. The van der Waals surface area contributed by atoms with Crippen molar-refractivity contribution in [1.29, 1.82) is 0 Å². The van der Waals surface area contributed by atoms with Crippen LogP contribution in [0.15, 0.2) is 46.5 Å². The van der Waals surface area contributed by atoms with Crippen LogP contribution in [-0.4, -0.2) is 55.2 Å². The van der Waals surface area contributed by atoms with Gasteiger partial charge in [0.2, 0.25) is 10.0 Å². The van der Waals surface area contributed by atoms with Gasteiger partial charge in [-0.05, 0) is 55.2 Å². The van der Waals surface area contributed by atoms with Gasteiger partial charge in [-0.1, -0.05) is 37.7 Å². The van der Waals surface area contributed by atoms with E-state index >= 15 is 0 Å². The number of ether oxygens (including phenoxy) is 2. The zero-order valence-corrected chi connectivity index (χ0v) is 21.9. The Morgan fingerprint density at radius 1 is 1.21 bits per heavy atom. The van der Waals surface area contributed by atoms with Crippen molar-refractivity contribution in [2.45, 2.75) is 62.1 Å². The number of imidazole rings is 1. The third-order valence-electron chi connectivity index (χ3n) is 6.27. The summed E-state index contributed by atoms with van der Waals surface area (Å²) >= 11 is 1.66. The van der Waals surface area contributed by atoms with Gasteiger partial charge >= 0.3 is 0 Å². The summed E-state index contributed by atoms with van der Waals surface area (Å²) in [6.45, 7) is 8.12. The normalized spacial score (nSPS) is 16.6. The van der Waals surface area contributed by atoms with Crippen LogP contribution in [0.2, 0.25) is 0 Å². The summed E-state index contributed by atoms with van der Waals surface area (Å²) in [7, 11) is -1.87. The van der Waals surface area contributed by atoms with Crippen molar-refractivity contribution in [3.63, 3.8) is 0 Å². The van der Waals surface area contributed by atoms with Gasteiger partial charge in [0.15, 0.2) is 5.16 Å². The molecule has 9 heteroatoms. The lowest BCUT2D eigenvalue weighted by atomic mass is 10.1. The molecule has 34 heavy (non-hydrogen) atoms. The highest BCUT2D eigenvalue weighted by Crippen LogP contribution is 2.31. The second-order valence-corrected chi connectivity index (χ2v) is 11.4. The summed E-state index contributed by atoms with van der Waals surface area (Å²) in [5, 5.41) is 0.872. The zero-order valence-electron chi connectivity index (χ0n) is 20.3. The van der Waals surface area contributed by atoms with Crippen LogP contribution >= 0.6 is 11.8 Å². The molecule has 3 aromatic rings. The number of methoxy groups -OCH3 is 1. The Bertz CT molecular complexity index is 1250. The quantitative estimate of drug-likeness (QED) is 0.368. The predicted octanol–water partition coefficient (Wildman–Crippen LogP) is 4.86. The first-order chi connectivity index (χ1) is 16.4. The lowest BCUT2D eigenvalue weighted by molar-refractivity contribution is 0.0960. The standard InChI is InChI=1S/C25H33N3O4S2/c1-5-27(6-2)34(29,30)21-10-11-23-22(15-21)26-25(28(23)16-20-8-7-13-32-20)33-17-19-9-12-24(31-4)18(3)14-19/h9-12,14-15,20H,5-8,13,16-17H2,1-4H3/t20-/m0/s1. The van der Waals surface area contributed by atoms with Crippen LogP contribution in [0.5, 0.6) is 5.75 Å². The largest absolute Gasteiger partial charge is 0.496 e. The van der Waals surface area contributed by atoms with E-state index in [0.717, 1.165) is 47.2 Å². The number of benzene rings is 2. The van der Waals surface area contributed by atoms with Crippen molar-refractivity contribution in [2.24, 2.45) is 0 Å². The molecule has 2 heterocycles. The fourth-order valence-corrected chi connectivity index (χ4v) is 6.86. The molecule has 2 aromatic carbocycles. The van der Waals surface area contributed by atoms with Crippen LogP contribution < -0.4 is 4.74 Å². The van der Waals surface area contributed by atoms with E-state index in [0.29, 0.717) is 25.2 Å². The minimum absolute atomic E-state index is 0.152. The maximum absolute atomic E-state index is 13.1. The molecule has 1 fully saturated rings. The fraction of sp³-hybridized carbons (Fsp3) is 0.480. The number of fused-ring (bicyclic) bond motifs is 1. The van der Waals surface area contributed by atoms with Gasteiger partial charge in [-0.15, -0.1) is 0 Å². The van der Waals surface area contributed by atoms with Gasteiger partial charge < -0.3 is 14.0 Å². The lowest BCUT2D eigenvalue weighted by Crippen LogP contribution is -2.30. The summed E-state index contributed by atoms with van der Waals surface area (Å²) in [6, 6.07) is 11.5. The SMILES string of the molecule is CCN(CC)S(=O)(=O)c1ccc2c(c1)nc(SCc1ccc(OC)c(C)c1)n2C[C@@H]1CCCO1. The van der Waals surface area contributed by atoms with Gasteiger partial charge in [0.05, 0.1) is 35.7 Å². The van der Waals surface area contributed by atoms with Crippen LogP contribution in [0, 0.1) is 6.92 Å². The Hall–Kier alpha value is -2.07. The van der Waals surface area contributed by atoms with Crippen molar-refractivity contribution >= 4 is 32.8 Å². The van der Waals surface area contributed by atoms with E-state index in [1.54, 1.807) is 31.0 Å². The van der Waals surface area contributed by atoms with Gasteiger partial charge in [0.25, 0.3) is 0 Å². The molecule has 184 valence electrons. The first-order valence-electron chi connectivity index (χ1n) is 11.8. The van der Waals surface area contributed by atoms with Gasteiger partial charge in [0, 0.05) is 25.4 Å². The van der Waals surface area contributed by atoms with Crippen LogP contribution in [0.4, 0.5) is 0 Å². The molecule has 0 bridgehead atoms. The molecular formula is C25H33N3O4S2. The number of hydrogen-bond donors (Lipinski definition) is 0. The van der Waals surface area contributed by atoms with E-state index in [4.69, 9.17) is 14.5 Å². The molecule has 0 N–H and O–H groups in total. The third-order valence-corrected chi connectivity index (χ3v) is 9.36. The van der Waals surface area contributed by atoms with E-state index in [1.807, 2.05) is 32.9 Å². The Kier molecular flexibility index (Phi) is 7.87. The van der Waals surface area contributed by atoms with Crippen LogP contribution in [-0.2, 0) is 27.1 Å². The Labute approximate surface area is 206 Å². The monoisotopic (exact) mass is 503 g/mol. The molecular weight excluding hydrogens is 470 g/mol. The number of rotatable bonds is 10. The maximum Gasteiger partial charge on any atom is 0.243 e. The Balaban J connectivity index is 1.68. The molecule has 1 aromatic heterocycles. The summed E-state index contributed by atoms with van der Waals surface area (Å²) in [5.74, 6) is 1.63. The minimum atomic E-state index is -3.54. The van der Waals surface area contributed by atoms with Crippen LogP contribution in [0.25, 0.3) is 11.0 Å². The van der Waals surface area contributed by atoms with Gasteiger partial charge in [-0.2, -0.15) is 4.31 Å². The Morgan fingerprint density at radius 3 is 2.65 bits per heavy atom. The Morgan fingerprint density at radius 2 is 2.00 bits per heavy atom. The number of hydrogen-bond acceptors (Lipinski definition) is 6. The highest BCUT2D eigenvalue weighted by Gasteiger charge is 2.24. The first kappa shape index (κ1) is 25.0. The molecule has 0 saturated carbocycles. The highest BCUT2D eigenvalue weighted by atomic mass is 32.2. The summed E-state index contributed by atoms with van der Waals surface area (Å²) < 4.78 is 41.0. The van der Waals surface area contributed by atoms with Crippen LogP contribution in [0.1, 0.15) is 37.8 Å². The fourth-order valence-electron chi connectivity index (χ4n) is 4.42. The molecule has 4 rings (SSSR count). The van der Waals surface area contributed by atoms with Crippen molar-refractivity contribution in [3.8, 4) is 5.75 Å². The summed E-state index contributed by atoms with van der Waals surface area (Å²) in [5.41, 5.74) is 3.91. The number of thioether (sulfide) groups is 1. The molecule has 0 amide bonds. The van der Waals surface area contributed by atoms with Crippen LogP contribution in [0.3, 0.4) is 0 Å². The molecule has 1 aliphatic rings.